The molecule has 1 aliphatic rings. The van der Waals surface area contributed by atoms with Crippen LogP contribution in [-0.2, 0) is 20.7 Å². The van der Waals surface area contributed by atoms with Gasteiger partial charge in [0.25, 0.3) is 0 Å². The lowest BCUT2D eigenvalue weighted by Gasteiger charge is -2.28. The van der Waals surface area contributed by atoms with Gasteiger partial charge in [0.05, 0.1) is 11.1 Å². The van der Waals surface area contributed by atoms with Crippen LogP contribution in [0.1, 0.15) is 63.4 Å². The summed E-state index contributed by atoms with van der Waals surface area (Å²) in [6.45, 7) is 9.12. The zero-order valence-electron chi connectivity index (χ0n) is 16.0. The summed E-state index contributed by atoms with van der Waals surface area (Å²) in [7, 11) is 0. The summed E-state index contributed by atoms with van der Waals surface area (Å²) in [4.78, 5) is 36.5. The van der Waals surface area contributed by atoms with Crippen molar-refractivity contribution in [3.63, 3.8) is 0 Å². The number of aliphatic hydroxyl groups excluding tert-OH is 1. The van der Waals surface area contributed by atoms with Crippen molar-refractivity contribution in [1.82, 2.24) is 0 Å². The third kappa shape index (κ3) is 5.04. The molecule has 1 fully saturated rings. The summed E-state index contributed by atoms with van der Waals surface area (Å²) in [6.07, 6.45) is 0.563. The van der Waals surface area contributed by atoms with Crippen molar-refractivity contribution < 1.29 is 24.2 Å². The number of ether oxygens (including phenoxy) is 1. The van der Waals surface area contributed by atoms with E-state index in [1.165, 1.54) is 0 Å². The molecule has 5 heteroatoms. The highest BCUT2D eigenvalue weighted by Gasteiger charge is 2.37. The van der Waals surface area contributed by atoms with E-state index in [4.69, 9.17) is 4.74 Å². The van der Waals surface area contributed by atoms with Crippen molar-refractivity contribution in [1.29, 1.82) is 0 Å². The molecule has 0 aliphatic heterocycles. The van der Waals surface area contributed by atoms with Crippen molar-refractivity contribution >= 4 is 17.5 Å². The Morgan fingerprint density at radius 2 is 1.58 bits per heavy atom. The van der Waals surface area contributed by atoms with E-state index in [-0.39, 0.29) is 47.6 Å². The van der Waals surface area contributed by atoms with Gasteiger partial charge in [-0.2, -0.15) is 0 Å². The first kappa shape index (κ1) is 19.9. The van der Waals surface area contributed by atoms with Crippen LogP contribution in [0.4, 0.5) is 0 Å². The van der Waals surface area contributed by atoms with Crippen LogP contribution in [0.5, 0.6) is 0 Å². The molecule has 140 valence electrons. The van der Waals surface area contributed by atoms with Gasteiger partial charge >= 0.3 is 5.97 Å². The Bertz CT molecular complexity index is 739. The minimum Gasteiger partial charge on any atom is -0.511 e. The summed E-state index contributed by atoms with van der Waals surface area (Å²) >= 11 is 0. The zero-order valence-corrected chi connectivity index (χ0v) is 16.0. The summed E-state index contributed by atoms with van der Waals surface area (Å²) in [6, 6.07) is 6.57. The summed E-state index contributed by atoms with van der Waals surface area (Å²) in [5.74, 6) is -1.25. The molecule has 0 spiro atoms. The number of allylic oxidation sites excluding steroid dienone is 2. The van der Waals surface area contributed by atoms with Gasteiger partial charge < -0.3 is 9.84 Å². The Kier molecular flexibility index (Phi) is 5.40. The van der Waals surface area contributed by atoms with Crippen molar-refractivity contribution in [2.45, 2.75) is 59.5 Å². The van der Waals surface area contributed by atoms with E-state index < -0.39 is 11.6 Å². The highest BCUT2D eigenvalue weighted by molar-refractivity contribution is 6.22. The highest BCUT2D eigenvalue weighted by Crippen LogP contribution is 2.34. The second-order valence-electron chi connectivity index (χ2n) is 8.56. The Hall–Kier alpha value is -2.43. The molecule has 0 heterocycles. The normalized spacial score (nSPS) is 17.2. The molecule has 0 bridgehead atoms. The Morgan fingerprint density at radius 3 is 2.04 bits per heavy atom. The van der Waals surface area contributed by atoms with Gasteiger partial charge in [0.2, 0.25) is 0 Å². The molecule has 2 rings (SSSR count). The predicted octanol–water partition coefficient (Wildman–Crippen LogP) is 3.95. The maximum Gasteiger partial charge on any atom is 0.338 e. The quantitative estimate of drug-likeness (QED) is 0.383. The van der Waals surface area contributed by atoms with E-state index in [1.54, 1.807) is 45.0 Å². The highest BCUT2D eigenvalue weighted by atomic mass is 16.6. The molecule has 5 nitrogen and oxygen atoms in total. The van der Waals surface area contributed by atoms with E-state index in [2.05, 4.69) is 0 Å². The van der Waals surface area contributed by atoms with Crippen LogP contribution in [-0.4, -0.2) is 28.2 Å². The first-order valence-corrected chi connectivity index (χ1v) is 8.69. The number of carbonyl (C=O) groups is 3. The van der Waals surface area contributed by atoms with E-state index in [0.29, 0.717) is 11.1 Å². The third-order valence-electron chi connectivity index (χ3n) is 4.08. The van der Waals surface area contributed by atoms with Gasteiger partial charge in [0, 0.05) is 19.3 Å². The number of rotatable bonds is 3. The van der Waals surface area contributed by atoms with Gasteiger partial charge in [-0.15, -0.1) is 0 Å². The Balaban J connectivity index is 2.15. The molecule has 0 unspecified atom stereocenters. The number of Topliss-reactive ketones (excluding diaryl/α,β-unsaturated/α-hetero) is 2. The smallest absolute Gasteiger partial charge is 0.338 e. The molecule has 26 heavy (non-hydrogen) atoms. The van der Waals surface area contributed by atoms with Gasteiger partial charge in [0.15, 0.2) is 11.6 Å². The van der Waals surface area contributed by atoms with Gasteiger partial charge in [-0.3, -0.25) is 9.59 Å². The number of ketones is 2. The van der Waals surface area contributed by atoms with Crippen LogP contribution in [0, 0.1) is 5.41 Å². The fraction of sp³-hybridized carbons (Fsp3) is 0.476. The molecule has 0 atom stereocenters. The summed E-state index contributed by atoms with van der Waals surface area (Å²) in [5, 5.41) is 10.3. The van der Waals surface area contributed by atoms with Gasteiger partial charge in [-0.1, -0.05) is 26.0 Å². The van der Waals surface area contributed by atoms with Crippen molar-refractivity contribution in [3.05, 3.63) is 46.7 Å². The van der Waals surface area contributed by atoms with Crippen molar-refractivity contribution in [3.8, 4) is 0 Å². The van der Waals surface area contributed by atoms with Crippen LogP contribution in [0.15, 0.2) is 35.6 Å². The lowest BCUT2D eigenvalue weighted by molar-refractivity contribution is -0.127. The van der Waals surface area contributed by atoms with Crippen LogP contribution in [0.25, 0.3) is 0 Å². The number of carbonyl (C=O) groups excluding carboxylic acids is 3. The van der Waals surface area contributed by atoms with Crippen LogP contribution in [0.3, 0.4) is 0 Å². The second kappa shape index (κ2) is 7.06. The molecular formula is C21H26O5. The topological polar surface area (TPSA) is 80.7 Å². The van der Waals surface area contributed by atoms with Gasteiger partial charge in [-0.25, -0.2) is 4.79 Å². The van der Waals surface area contributed by atoms with Crippen LogP contribution < -0.4 is 0 Å². The number of aliphatic hydroxyl groups is 1. The Labute approximate surface area is 154 Å². The molecule has 1 saturated carbocycles. The molecule has 1 aromatic carbocycles. The van der Waals surface area contributed by atoms with Gasteiger partial charge in [0.1, 0.15) is 11.4 Å². The molecule has 0 aromatic heterocycles. The van der Waals surface area contributed by atoms with Crippen LogP contribution in [0.2, 0.25) is 0 Å². The Morgan fingerprint density at radius 1 is 1.08 bits per heavy atom. The molecular weight excluding hydrogens is 332 g/mol. The van der Waals surface area contributed by atoms with E-state index in [9.17, 15) is 19.5 Å². The minimum absolute atomic E-state index is 0.0713. The predicted molar refractivity (Wildman–Crippen MR) is 98.0 cm³/mol. The first-order chi connectivity index (χ1) is 11.9. The third-order valence-corrected chi connectivity index (χ3v) is 4.08. The number of esters is 1. The fourth-order valence-corrected chi connectivity index (χ4v) is 2.96. The molecule has 1 N–H and O–H groups in total. The number of hydrogen-bond acceptors (Lipinski definition) is 5. The van der Waals surface area contributed by atoms with E-state index in [1.807, 2.05) is 13.8 Å². The second-order valence-corrected chi connectivity index (χ2v) is 8.56. The largest absolute Gasteiger partial charge is 0.511 e. The van der Waals surface area contributed by atoms with Gasteiger partial charge in [-0.05, 0) is 43.9 Å². The summed E-state index contributed by atoms with van der Waals surface area (Å²) in [5.41, 5.74) is 0.0803. The summed E-state index contributed by atoms with van der Waals surface area (Å²) < 4.78 is 5.30. The maximum absolute atomic E-state index is 12.2. The average molecular weight is 358 g/mol. The lowest BCUT2D eigenvalue weighted by Crippen LogP contribution is -2.32. The molecule has 1 aliphatic carbocycles. The SMILES string of the molecule is CC1(C)CC(=O)C(=C(O)Cc2ccc(C(=O)OC(C)(C)C)cc2)C(=O)C1. The first-order valence-electron chi connectivity index (χ1n) is 8.69. The van der Waals surface area contributed by atoms with E-state index in [0.717, 1.165) is 0 Å². The van der Waals surface area contributed by atoms with Crippen molar-refractivity contribution in [2.75, 3.05) is 0 Å². The maximum atomic E-state index is 12.2. The lowest BCUT2D eigenvalue weighted by atomic mass is 9.73. The van der Waals surface area contributed by atoms with E-state index >= 15 is 0 Å². The van der Waals surface area contributed by atoms with Crippen LogP contribution >= 0.6 is 0 Å². The number of hydrogen-bond donors (Lipinski definition) is 1. The van der Waals surface area contributed by atoms with Crippen molar-refractivity contribution in [2.24, 2.45) is 5.41 Å². The average Bonchev–Trinajstić information content (AvgIpc) is 2.43. The zero-order chi connectivity index (χ0) is 19.7. The molecule has 0 amide bonds. The number of benzene rings is 1. The molecule has 0 radical (unpaired) electrons. The molecule has 1 aromatic rings. The molecule has 0 saturated heterocycles. The minimum atomic E-state index is -0.575. The monoisotopic (exact) mass is 358 g/mol. The fourth-order valence-electron chi connectivity index (χ4n) is 2.96. The standard InChI is InChI=1S/C21H26O5/c1-20(2,3)26-19(25)14-8-6-13(7-9-14)10-15(22)18-16(23)11-21(4,5)12-17(18)24/h6-9,22H,10-12H2,1-5H3.